The van der Waals surface area contributed by atoms with Crippen molar-refractivity contribution in [1.82, 2.24) is 19.8 Å². The van der Waals surface area contributed by atoms with Crippen molar-refractivity contribution in [3.8, 4) is 17.0 Å². The fourth-order valence-corrected chi connectivity index (χ4v) is 3.71. The van der Waals surface area contributed by atoms with E-state index < -0.39 is 6.10 Å². The van der Waals surface area contributed by atoms with Gasteiger partial charge in [0.1, 0.15) is 12.1 Å². The Balaban J connectivity index is 1.60. The van der Waals surface area contributed by atoms with Gasteiger partial charge in [-0.1, -0.05) is 24.3 Å². The summed E-state index contributed by atoms with van der Waals surface area (Å²) in [6.07, 6.45) is 1.05. The Morgan fingerprint density at radius 3 is 2.75 bits per heavy atom. The van der Waals surface area contributed by atoms with E-state index in [1.807, 2.05) is 48.5 Å². The molecule has 0 aliphatic carbocycles. The third kappa shape index (κ3) is 2.76. The molecular formula is C21H19N5O2. The van der Waals surface area contributed by atoms with Gasteiger partial charge in [-0.05, 0) is 41.5 Å². The maximum absolute atomic E-state index is 10.6. The zero-order valence-electron chi connectivity index (χ0n) is 15.4. The number of aromatic nitrogens is 4. The molecule has 1 aliphatic rings. The van der Waals surface area contributed by atoms with Crippen LogP contribution in [-0.2, 0) is 6.54 Å². The molecule has 1 N–H and O–H groups in total. The Kier molecular flexibility index (Phi) is 3.95. The Labute approximate surface area is 161 Å². The first-order valence-corrected chi connectivity index (χ1v) is 9.09. The molecule has 7 nitrogen and oxygen atoms in total. The van der Waals surface area contributed by atoms with Crippen molar-refractivity contribution in [2.24, 2.45) is 0 Å². The van der Waals surface area contributed by atoms with Crippen LogP contribution in [-0.4, -0.2) is 38.6 Å². The lowest BCUT2D eigenvalue weighted by atomic mass is 9.97. The molecule has 1 atom stereocenters. The zero-order valence-corrected chi connectivity index (χ0v) is 15.4. The number of aliphatic hydroxyl groups excluding tert-OH is 1. The maximum atomic E-state index is 10.6. The van der Waals surface area contributed by atoms with E-state index in [9.17, 15) is 5.11 Å². The van der Waals surface area contributed by atoms with Crippen molar-refractivity contribution >= 4 is 11.3 Å². The van der Waals surface area contributed by atoms with E-state index in [0.717, 1.165) is 33.8 Å². The number of aliphatic hydroxyl groups is 1. The quantitative estimate of drug-likeness (QED) is 0.595. The highest BCUT2D eigenvalue weighted by Gasteiger charge is 2.26. The number of rotatable bonds is 3. The Morgan fingerprint density at radius 1 is 1.11 bits per heavy atom. The van der Waals surface area contributed by atoms with Gasteiger partial charge in [-0.25, -0.2) is 0 Å². The highest BCUT2D eigenvalue weighted by molar-refractivity contribution is 5.75. The number of β-amino-alcohol motifs (C(OH)–C–C–N with tert-alkyl or cyclic N) is 1. The standard InChI is InChI=1S/C21H19N5O2/c1-28-16-8-6-14(7-9-16)18-10-19(21-23-22-13-26(21)24-18)25-11-15-4-2-3-5-17(15)20(27)12-25/h2-10,13,20,27H,11-12H2,1H3. The smallest absolute Gasteiger partial charge is 0.200 e. The van der Waals surface area contributed by atoms with E-state index in [0.29, 0.717) is 18.7 Å². The number of hydrogen-bond acceptors (Lipinski definition) is 6. The average molecular weight is 373 g/mol. The van der Waals surface area contributed by atoms with Crippen molar-refractivity contribution < 1.29 is 9.84 Å². The molecule has 0 fully saturated rings. The average Bonchev–Trinajstić information content (AvgIpc) is 3.22. The van der Waals surface area contributed by atoms with Gasteiger partial charge >= 0.3 is 0 Å². The van der Waals surface area contributed by atoms with Crippen LogP contribution in [0.25, 0.3) is 16.9 Å². The van der Waals surface area contributed by atoms with Crippen LogP contribution in [0.3, 0.4) is 0 Å². The summed E-state index contributed by atoms with van der Waals surface area (Å²) in [5, 5.41) is 23.6. The van der Waals surface area contributed by atoms with E-state index in [-0.39, 0.29) is 0 Å². The van der Waals surface area contributed by atoms with Crippen molar-refractivity contribution in [3.63, 3.8) is 0 Å². The zero-order chi connectivity index (χ0) is 19.1. The lowest BCUT2D eigenvalue weighted by Gasteiger charge is -2.33. The third-order valence-electron chi connectivity index (χ3n) is 5.14. The molecule has 28 heavy (non-hydrogen) atoms. The first kappa shape index (κ1) is 16.7. The molecule has 1 unspecified atom stereocenters. The summed E-state index contributed by atoms with van der Waals surface area (Å²) in [5.74, 6) is 0.796. The predicted molar refractivity (Wildman–Crippen MR) is 105 cm³/mol. The first-order chi connectivity index (χ1) is 13.7. The van der Waals surface area contributed by atoms with Crippen molar-refractivity contribution in [2.45, 2.75) is 12.6 Å². The summed E-state index contributed by atoms with van der Waals surface area (Å²) < 4.78 is 6.93. The Morgan fingerprint density at radius 2 is 1.93 bits per heavy atom. The molecule has 0 amide bonds. The number of hydrogen-bond donors (Lipinski definition) is 1. The maximum Gasteiger partial charge on any atom is 0.200 e. The summed E-state index contributed by atoms with van der Waals surface area (Å²) >= 11 is 0. The fourth-order valence-electron chi connectivity index (χ4n) is 3.71. The third-order valence-corrected chi connectivity index (χ3v) is 5.14. The Hall–Kier alpha value is -3.45. The molecule has 0 spiro atoms. The van der Waals surface area contributed by atoms with Gasteiger partial charge in [-0.15, -0.1) is 10.2 Å². The number of fused-ring (bicyclic) bond motifs is 2. The van der Waals surface area contributed by atoms with E-state index in [4.69, 9.17) is 4.74 Å². The van der Waals surface area contributed by atoms with Crippen LogP contribution < -0.4 is 9.64 Å². The van der Waals surface area contributed by atoms with Gasteiger partial charge in [-0.3, -0.25) is 0 Å². The van der Waals surface area contributed by atoms with Crippen LogP contribution in [0.4, 0.5) is 5.69 Å². The highest BCUT2D eigenvalue weighted by atomic mass is 16.5. The largest absolute Gasteiger partial charge is 0.497 e. The second kappa shape index (κ2) is 6.61. The fraction of sp³-hybridized carbons (Fsp3) is 0.190. The monoisotopic (exact) mass is 373 g/mol. The molecule has 2 aromatic carbocycles. The summed E-state index contributed by atoms with van der Waals surface area (Å²) in [7, 11) is 1.65. The van der Waals surface area contributed by atoms with Crippen molar-refractivity contribution in [1.29, 1.82) is 0 Å². The molecule has 4 aromatic rings. The SMILES string of the molecule is COc1ccc(-c2cc(N3Cc4ccccc4C(O)C3)c3nncn3n2)cc1. The second-order valence-electron chi connectivity index (χ2n) is 6.84. The molecule has 3 heterocycles. The van der Waals surface area contributed by atoms with Crippen LogP contribution in [0.5, 0.6) is 5.75 Å². The number of methoxy groups -OCH3 is 1. The molecule has 140 valence electrons. The van der Waals surface area contributed by atoms with E-state index in [1.165, 1.54) is 0 Å². The molecule has 0 saturated carbocycles. The normalized spacial score (nSPS) is 16.2. The molecule has 2 aromatic heterocycles. The topological polar surface area (TPSA) is 75.8 Å². The minimum atomic E-state index is -0.550. The van der Waals surface area contributed by atoms with Gasteiger partial charge in [0.25, 0.3) is 0 Å². The molecule has 7 heteroatoms. The van der Waals surface area contributed by atoms with Gasteiger partial charge in [0.15, 0.2) is 0 Å². The second-order valence-corrected chi connectivity index (χ2v) is 6.84. The van der Waals surface area contributed by atoms with Crippen LogP contribution in [0, 0.1) is 0 Å². The summed E-state index contributed by atoms with van der Waals surface area (Å²) in [6, 6.07) is 17.8. The molecule has 0 radical (unpaired) electrons. The molecular weight excluding hydrogens is 354 g/mol. The first-order valence-electron chi connectivity index (χ1n) is 9.09. The lowest BCUT2D eigenvalue weighted by molar-refractivity contribution is 0.175. The molecule has 5 rings (SSSR count). The summed E-state index contributed by atoms with van der Waals surface area (Å²) in [4.78, 5) is 2.13. The lowest BCUT2D eigenvalue weighted by Crippen LogP contribution is -2.34. The van der Waals surface area contributed by atoms with E-state index >= 15 is 0 Å². The van der Waals surface area contributed by atoms with Crippen LogP contribution in [0.1, 0.15) is 17.2 Å². The minimum absolute atomic E-state index is 0.492. The molecule has 0 saturated heterocycles. The van der Waals surface area contributed by atoms with Crippen LogP contribution in [0.2, 0.25) is 0 Å². The van der Waals surface area contributed by atoms with Gasteiger partial charge in [0.05, 0.1) is 24.6 Å². The van der Waals surface area contributed by atoms with Gasteiger partial charge in [0, 0.05) is 18.7 Å². The van der Waals surface area contributed by atoms with Crippen molar-refractivity contribution in [3.05, 3.63) is 72.1 Å². The van der Waals surface area contributed by atoms with Crippen molar-refractivity contribution in [2.75, 3.05) is 18.6 Å². The van der Waals surface area contributed by atoms with Gasteiger partial charge in [-0.2, -0.15) is 9.61 Å². The molecule has 0 bridgehead atoms. The minimum Gasteiger partial charge on any atom is -0.497 e. The number of nitrogens with zero attached hydrogens (tertiary/aromatic N) is 5. The predicted octanol–water partition coefficient (Wildman–Crippen LogP) is 2.85. The summed E-state index contributed by atoms with van der Waals surface area (Å²) in [6.45, 7) is 1.19. The van der Waals surface area contributed by atoms with Gasteiger partial charge in [0.2, 0.25) is 5.65 Å². The van der Waals surface area contributed by atoms with Gasteiger partial charge < -0.3 is 14.7 Å². The number of anilines is 1. The number of ether oxygens (including phenoxy) is 1. The summed E-state index contributed by atoms with van der Waals surface area (Å²) in [5.41, 5.74) is 5.44. The van der Waals surface area contributed by atoms with E-state index in [2.05, 4.69) is 26.3 Å². The van der Waals surface area contributed by atoms with Crippen LogP contribution >= 0.6 is 0 Å². The highest BCUT2D eigenvalue weighted by Crippen LogP contribution is 2.33. The number of benzene rings is 2. The molecule has 1 aliphatic heterocycles. The Bertz CT molecular complexity index is 1140. The van der Waals surface area contributed by atoms with E-state index in [1.54, 1.807) is 18.0 Å². The van der Waals surface area contributed by atoms with Crippen LogP contribution in [0.15, 0.2) is 60.9 Å².